The van der Waals surface area contributed by atoms with Gasteiger partial charge in [0.25, 0.3) is 5.52 Å². The second kappa shape index (κ2) is 9.52. The second-order valence-corrected chi connectivity index (χ2v) is 10.5. The van der Waals surface area contributed by atoms with Gasteiger partial charge in [-0.1, -0.05) is 121 Å². The van der Waals surface area contributed by atoms with Crippen LogP contribution >= 0.6 is 7.52 Å². The first-order valence-corrected chi connectivity index (χ1v) is 13.0. The molecule has 1 heterocycles. The molecule has 1 aliphatic heterocycles. The zero-order valence-electron chi connectivity index (χ0n) is 18.8. The quantitative estimate of drug-likeness (QED) is 0.233. The number of nitrogens with zero attached hydrogens (tertiary/aromatic N) is 1. The maximum absolute atomic E-state index is 14.8. The summed E-state index contributed by atoms with van der Waals surface area (Å²) in [5, 5.41) is 0. The molecule has 1 aliphatic rings. The fourth-order valence-corrected chi connectivity index (χ4v) is 7.34. The van der Waals surface area contributed by atoms with Crippen LogP contribution in [0.4, 0.5) is 0 Å². The van der Waals surface area contributed by atoms with Crippen LogP contribution in [-0.4, -0.2) is 23.3 Å². The standard InChI is InChI=1S/C29H26NO3P/c31-28(24-14-5-1-6-15-24)34(32)30(22-13-23-33-34)29(25-16-7-2-8-17-25,26-18-9-3-10-19-26)27-20-11-4-12-21-27/h1-12,14-21H,13,22-23H2. The lowest BCUT2D eigenvalue weighted by atomic mass is 9.77. The zero-order valence-corrected chi connectivity index (χ0v) is 19.7. The van der Waals surface area contributed by atoms with E-state index in [1.165, 1.54) is 0 Å². The highest BCUT2D eigenvalue weighted by Gasteiger charge is 2.55. The molecular weight excluding hydrogens is 441 g/mol. The Balaban J connectivity index is 1.83. The minimum absolute atomic E-state index is 0.279. The van der Waals surface area contributed by atoms with E-state index in [-0.39, 0.29) is 6.61 Å². The van der Waals surface area contributed by atoms with Crippen molar-refractivity contribution in [3.8, 4) is 0 Å². The first-order valence-electron chi connectivity index (χ1n) is 11.5. The van der Waals surface area contributed by atoms with Crippen molar-refractivity contribution >= 4 is 13.0 Å². The maximum Gasteiger partial charge on any atom is 0.343 e. The Labute approximate surface area is 200 Å². The third kappa shape index (κ3) is 3.74. The van der Waals surface area contributed by atoms with Gasteiger partial charge in [-0.15, -0.1) is 0 Å². The summed E-state index contributed by atoms with van der Waals surface area (Å²) in [6.45, 7) is 0.731. The Kier molecular flexibility index (Phi) is 6.30. The highest BCUT2D eigenvalue weighted by molar-refractivity contribution is 7.74. The van der Waals surface area contributed by atoms with Crippen molar-refractivity contribution in [1.82, 2.24) is 4.67 Å². The molecule has 4 aromatic carbocycles. The molecule has 1 saturated heterocycles. The second-order valence-electron chi connectivity index (χ2n) is 8.31. The van der Waals surface area contributed by atoms with E-state index < -0.39 is 18.6 Å². The lowest BCUT2D eigenvalue weighted by Crippen LogP contribution is -2.49. The van der Waals surface area contributed by atoms with Crippen LogP contribution in [0.3, 0.4) is 0 Å². The predicted molar refractivity (Wildman–Crippen MR) is 135 cm³/mol. The van der Waals surface area contributed by atoms with Crippen molar-refractivity contribution in [2.75, 3.05) is 13.2 Å². The summed E-state index contributed by atoms with van der Waals surface area (Å²) in [4.78, 5) is 13.8. The van der Waals surface area contributed by atoms with Gasteiger partial charge in [-0.3, -0.25) is 9.36 Å². The molecular formula is C29H26NO3P. The van der Waals surface area contributed by atoms with Gasteiger partial charge in [0.15, 0.2) is 0 Å². The number of benzene rings is 4. The maximum atomic E-state index is 14.8. The molecule has 0 N–H and O–H groups in total. The number of carbonyl (C=O) groups is 1. The monoisotopic (exact) mass is 467 g/mol. The number of hydrogen-bond acceptors (Lipinski definition) is 3. The molecule has 0 bridgehead atoms. The molecule has 5 heteroatoms. The molecule has 0 aliphatic carbocycles. The molecule has 0 radical (unpaired) electrons. The summed E-state index contributed by atoms with van der Waals surface area (Å²) in [5.41, 5.74) is 1.72. The lowest BCUT2D eigenvalue weighted by Gasteiger charge is -2.49. The van der Waals surface area contributed by atoms with Crippen LogP contribution in [0.2, 0.25) is 0 Å². The molecule has 0 amide bonds. The molecule has 4 aromatic rings. The van der Waals surface area contributed by atoms with Gasteiger partial charge in [-0.25, -0.2) is 4.67 Å². The summed E-state index contributed by atoms with van der Waals surface area (Å²) < 4.78 is 22.6. The van der Waals surface area contributed by atoms with E-state index >= 15 is 0 Å². The predicted octanol–water partition coefficient (Wildman–Crippen LogP) is 6.73. The molecule has 1 unspecified atom stereocenters. The van der Waals surface area contributed by atoms with Crippen LogP contribution in [0, 0.1) is 0 Å². The van der Waals surface area contributed by atoms with Gasteiger partial charge < -0.3 is 4.52 Å². The van der Waals surface area contributed by atoms with Crippen LogP contribution in [0.1, 0.15) is 33.5 Å². The molecule has 170 valence electrons. The fraction of sp³-hybridized carbons (Fsp3) is 0.138. The minimum Gasteiger partial charge on any atom is -0.312 e. The Bertz CT molecular complexity index is 1200. The average Bonchev–Trinajstić information content (AvgIpc) is 2.92. The summed E-state index contributed by atoms with van der Waals surface area (Å²) >= 11 is 0. The van der Waals surface area contributed by atoms with E-state index in [4.69, 9.17) is 4.52 Å². The molecule has 34 heavy (non-hydrogen) atoms. The Morgan fingerprint density at radius 2 is 1.09 bits per heavy atom. The van der Waals surface area contributed by atoms with Crippen molar-refractivity contribution in [2.24, 2.45) is 0 Å². The van der Waals surface area contributed by atoms with Crippen molar-refractivity contribution in [3.63, 3.8) is 0 Å². The molecule has 1 atom stereocenters. The summed E-state index contributed by atoms with van der Waals surface area (Å²) in [5.74, 6) is 0. The Morgan fingerprint density at radius 3 is 1.53 bits per heavy atom. The van der Waals surface area contributed by atoms with Crippen LogP contribution in [0.25, 0.3) is 0 Å². The van der Waals surface area contributed by atoms with Gasteiger partial charge in [-0.2, -0.15) is 0 Å². The van der Waals surface area contributed by atoms with Crippen molar-refractivity contribution in [2.45, 2.75) is 12.0 Å². The third-order valence-corrected chi connectivity index (χ3v) is 8.78. The van der Waals surface area contributed by atoms with E-state index in [9.17, 15) is 9.36 Å². The van der Waals surface area contributed by atoms with Crippen molar-refractivity contribution in [1.29, 1.82) is 0 Å². The summed E-state index contributed by atoms with van der Waals surface area (Å²) in [6, 6.07) is 38.8. The van der Waals surface area contributed by atoms with Gasteiger partial charge in [0.1, 0.15) is 5.54 Å². The topological polar surface area (TPSA) is 46.6 Å². The van der Waals surface area contributed by atoms with Gasteiger partial charge in [-0.05, 0) is 23.1 Å². The van der Waals surface area contributed by atoms with Crippen LogP contribution in [-0.2, 0) is 14.6 Å². The Hall–Kier alpha value is -3.30. The highest BCUT2D eigenvalue weighted by Crippen LogP contribution is 2.63. The molecule has 1 fully saturated rings. The Morgan fingerprint density at radius 1 is 0.676 bits per heavy atom. The van der Waals surface area contributed by atoms with Gasteiger partial charge in [0, 0.05) is 12.1 Å². The van der Waals surface area contributed by atoms with E-state index in [0.717, 1.165) is 16.7 Å². The van der Waals surface area contributed by atoms with Crippen molar-refractivity contribution in [3.05, 3.63) is 144 Å². The van der Waals surface area contributed by atoms with E-state index in [1.807, 2.05) is 102 Å². The molecule has 0 spiro atoms. The van der Waals surface area contributed by atoms with Gasteiger partial charge in [0.05, 0.1) is 6.61 Å². The highest BCUT2D eigenvalue weighted by atomic mass is 31.2. The first-order chi connectivity index (χ1) is 16.7. The number of rotatable bonds is 6. The van der Waals surface area contributed by atoms with Crippen LogP contribution in [0.15, 0.2) is 121 Å². The summed E-state index contributed by atoms with van der Waals surface area (Å²) in [6.07, 6.45) is 0.667. The molecule has 5 rings (SSSR count). The lowest BCUT2D eigenvalue weighted by molar-refractivity contribution is 0.0967. The first kappa shape index (κ1) is 22.5. The van der Waals surface area contributed by atoms with E-state index in [2.05, 4.69) is 0 Å². The van der Waals surface area contributed by atoms with E-state index in [1.54, 1.807) is 24.3 Å². The zero-order chi connectivity index (χ0) is 23.4. The largest absolute Gasteiger partial charge is 0.343 e. The summed E-state index contributed by atoms with van der Waals surface area (Å²) in [7, 11) is -3.96. The van der Waals surface area contributed by atoms with Crippen LogP contribution in [0.5, 0.6) is 0 Å². The fourth-order valence-electron chi connectivity index (χ4n) is 4.87. The molecule has 0 saturated carbocycles. The van der Waals surface area contributed by atoms with Crippen molar-refractivity contribution < 1.29 is 13.9 Å². The number of carbonyl (C=O) groups excluding carboxylic acids is 1. The average molecular weight is 468 g/mol. The third-order valence-electron chi connectivity index (χ3n) is 6.34. The number of hydrogen-bond donors (Lipinski definition) is 0. The molecule has 0 aromatic heterocycles. The van der Waals surface area contributed by atoms with Crippen LogP contribution < -0.4 is 0 Å². The normalized spacial score (nSPS) is 18.9. The molecule has 4 nitrogen and oxygen atoms in total. The van der Waals surface area contributed by atoms with Gasteiger partial charge in [0.2, 0.25) is 0 Å². The van der Waals surface area contributed by atoms with E-state index in [0.29, 0.717) is 18.5 Å². The van der Waals surface area contributed by atoms with Gasteiger partial charge >= 0.3 is 7.52 Å². The SMILES string of the molecule is O=C(c1ccccc1)P1(=O)OCCCN1C(c1ccccc1)(c1ccccc1)c1ccccc1. The smallest absolute Gasteiger partial charge is 0.312 e. The minimum atomic E-state index is -3.96.